The molecule has 0 unspecified atom stereocenters. The van der Waals surface area contributed by atoms with E-state index in [4.69, 9.17) is 4.74 Å². The van der Waals surface area contributed by atoms with Gasteiger partial charge < -0.3 is 45.1 Å². The fourth-order valence-electron chi connectivity index (χ4n) is 7.23. The van der Waals surface area contributed by atoms with Crippen molar-refractivity contribution in [2.45, 2.75) is 95.9 Å². The number of urea groups is 2. The lowest BCUT2D eigenvalue weighted by Crippen LogP contribution is -2.59. The molecule has 302 valence electrons. The van der Waals surface area contributed by atoms with Gasteiger partial charge in [0.15, 0.2) is 0 Å². The van der Waals surface area contributed by atoms with Gasteiger partial charge in [-0.25, -0.2) is 14.6 Å². The number of aromatic nitrogens is 2. The van der Waals surface area contributed by atoms with E-state index in [1.165, 1.54) is 22.5 Å². The second-order valence-corrected chi connectivity index (χ2v) is 15.2. The highest BCUT2D eigenvalue weighted by Gasteiger charge is 2.36. The van der Waals surface area contributed by atoms with Crippen LogP contribution in [0.15, 0.2) is 42.9 Å². The van der Waals surface area contributed by atoms with Crippen molar-refractivity contribution in [3.05, 3.63) is 54.1 Å². The maximum atomic E-state index is 14.5. The second kappa shape index (κ2) is 22.5. The Labute approximate surface area is 327 Å². The van der Waals surface area contributed by atoms with Crippen molar-refractivity contribution in [3.63, 3.8) is 0 Å². The Hall–Kier alpha value is -3.88. The van der Waals surface area contributed by atoms with Crippen LogP contribution < -0.4 is 10.6 Å². The van der Waals surface area contributed by atoms with Crippen molar-refractivity contribution in [2.24, 2.45) is 11.8 Å². The Bertz CT molecular complexity index is 1420. The molecule has 0 bridgehead atoms. The molecule has 4 atom stereocenters. The van der Waals surface area contributed by atoms with Gasteiger partial charge in [-0.05, 0) is 30.2 Å². The minimum Gasteiger partial charge on any atom is -0.391 e. The molecule has 1 saturated carbocycles. The zero-order chi connectivity index (χ0) is 38.3. The highest BCUT2D eigenvalue weighted by Crippen LogP contribution is 2.29. The predicted octanol–water partition coefficient (Wildman–Crippen LogP) is 3.70. The van der Waals surface area contributed by atoms with Crippen molar-refractivity contribution in [1.29, 1.82) is 0 Å². The van der Waals surface area contributed by atoms with Gasteiger partial charge in [0, 0.05) is 72.1 Å². The zero-order valence-corrected chi connectivity index (χ0v) is 33.6. The smallest absolute Gasteiger partial charge is 0.319 e. The lowest BCUT2D eigenvalue weighted by atomic mass is 9.82. The van der Waals surface area contributed by atoms with Crippen LogP contribution in [0.1, 0.15) is 70.1 Å². The normalized spacial score (nSPS) is 17.1. The van der Waals surface area contributed by atoms with Gasteiger partial charge in [0.2, 0.25) is 11.8 Å². The summed E-state index contributed by atoms with van der Waals surface area (Å²) in [4.78, 5) is 68.6. The number of aliphatic hydroxyl groups is 1. The Kier molecular flexibility index (Phi) is 18.5. The first-order valence-electron chi connectivity index (χ1n) is 19.3. The van der Waals surface area contributed by atoms with E-state index in [-0.39, 0.29) is 49.6 Å². The number of carbonyl (C=O) groups is 4. The van der Waals surface area contributed by atoms with Crippen molar-refractivity contribution in [1.82, 2.24) is 40.2 Å². The van der Waals surface area contributed by atoms with Crippen LogP contribution in [0.5, 0.6) is 0 Å². The quantitative estimate of drug-likeness (QED) is 0.191. The van der Waals surface area contributed by atoms with Gasteiger partial charge in [-0.1, -0.05) is 76.3 Å². The van der Waals surface area contributed by atoms with Crippen LogP contribution in [0, 0.1) is 11.8 Å². The molecule has 0 radical (unpaired) electrons. The molecule has 1 aliphatic heterocycles. The molecule has 2 fully saturated rings. The van der Waals surface area contributed by atoms with Gasteiger partial charge in [-0.2, -0.15) is 0 Å². The zero-order valence-electron chi connectivity index (χ0n) is 32.7. The molecule has 14 nitrogen and oxygen atoms in total. The van der Waals surface area contributed by atoms with Crippen LogP contribution in [-0.4, -0.2) is 143 Å². The first-order valence-corrected chi connectivity index (χ1v) is 19.3. The Morgan fingerprint density at radius 3 is 2.26 bits per heavy atom. The van der Waals surface area contributed by atoms with E-state index in [0.717, 1.165) is 31.2 Å². The molecular formula is C39H63ClN8O6. The number of ether oxygens (including phenoxy) is 1. The molecule has 1 aromatic heterocycles. The van der Waals surface area contributed by atoms with Crippen molar-refractivity contribution >= 4 is 36.3 Å². The summed E-state index contributed by atoms with van der Waals surface area (Å²) in [6.07, 6.45) is 9.70. The molecule has 4 N–H and O–H groups in total. The number of aliphatic hydroxyl groups excluding tert-OH is 1. The van der Waals surface area contributed by atoms with Gasteiger partial charge >= 0.3 is 12.1 Å². The minimum absolute atomic E-state index is 0. The third-order valence-electron chi connectivity index (χ3n) is 10.5. The summed E-state index contributed by atoms with van der Waals surface area (Å²) in [6.45, 7) is 6.69. The fourth-order valence-corrected chi connectivity index (χ4v) is 7.23. The van der Waals surface area contributed by atoms with Crippen LogP contribution in [0.4, 0.5) is 9.59 Å². The molecule has 6 amide bonds. The van der Waals surface area contributed by atoms with E-state index < -0.39 is 36.2 Å². The number of aromatic amines is 1. The summed E-state index contributed by atoms with van der Waals surface area (Å²) in [7, 11) is 4.91. The monoisotopic (exact) mass is 774 g/mol. The molecule has 2 heterocycles. The maximum absolute atomic E-state index is 14.5. The number of likely N-dealkylation sites (N-methyl/N-ethyl adjacent to an activating group) is 3. The number of nitrogens with one attached hydrogen (secondary N) is 3. The van der Waals surface area contributed by atoms with Crippen molar-refractivity contribution < 1.29 is 29.0 Å². The molecule has 0 spiro atoms. The maximum Gasteiger partial charge on any atom is 0.319 e. The topological polar surface area (TPSA) is 163 Å². The Morgan fingerprint density at radius 1 is 0.963 bits per heavy atom. The van der Waals surface area contributed by atoms with E-state index in [2.05, 4.69) is 34.4 Å². The second-order valence-electron chi connectivity index (χ2n) is 15.2. The number of H-pyrrole nitrogens is 1. The largest absolute Gasteiger partial charge is 0.391 e. The van der Waals surface area contributed by atoms with Crippen LogP contribution >= 0.6 is 12.4 Å². The fraction of sp³-hybridized carbons (Fsp3) is 0.667. The lowest BCUT2D eigenvalue weighted by Gasteiger charge is -2.35. The molecule has 2 aromatic rings. The first-order chi connectivity index (χ1) is 25.4. The summed E-state index contributed by atoms with van der Waals surface area (Å²) in [6, 6.07) is 6.42. The summed E-state index contributed by atoms with van der Waals surface area (Å²) < 4.78 is 5.35. The van der Waals surface area contributed by atoms with Crippen LogP contribution in [-0.2, 0) is 27.2 Å². The number of hydrogen-bond acceptors (Lipinski definition) is 7. The number of nitrogens with zero attached hydrogens (tertiary/aromatic N) is 5. The van der Waals surface area contributed by atoms with E-state index in [9.17, 15) is 24.3 Å². The summed E-state index contributed by atoms with van der Waals surface area (Å²) in [5, 5.41) is 17.4. The van der Waals surface area contributed by atoms with Gasteiger partial charge in [-0.3, -0.25) is 9.59 Å². The van der Waals surface area contributed by atoms with Gasteiger partial charge in [0.05, 0.1) is 31.7 Å². The number of imidazole rings is 1. The third-order valence-corrected chi connectivity index (χ3v) is 10.5. The molecule has 2 aliphatic rings. The number of benzene rings is 1. The summed E-state index contributed by atoms with van der Waals surface area (Å²) in [5.41, 5.74) is 1.52. The number of halogens is 1. The molecule has 1 aliphatic carbocycles. The number of hydrogen-bond donors (Lipinski definition) is 4. The van der Waals surface area contributed by atoms with E-state index in [1.54, 1.807) is 37.1 Å². The summed E-state index contributed by atoms with van der Waals surface area (Å²) >= 11 is 0. The van der Waals surface area contributed by atoms with E-state index >= 15 is 0 Å². The number of rotatable bonds is 17. The Balaban J connectivity index is 0.00000784. The van der Waals surface area contributed by atoms with E-state index in [1.807, 2.05) is 30.3 Å². The predicted molar refractivity (Wildman–Crippen MR) is 210 cm³/mol. The van der Waals surface area contributed by atoms with Crippen molar-refractivity contribution in [3.8, 4) is 0 Å². The number of carbonyl (C=O) groups excluding carboxylic acids is 4. The molecule has 1 aromatic carbocycles. The SMILES string of the molecule is CC(C)C[C@H](O)[C@H](CC1CCCCC1)NC(=O)[C@H](Cc1cnc[nH]1)N(C)C(=O)[C@H](Cc1ccccc1)NC(=O)N(C)CCN(C)C(=O)N1CCOCC1.Cl. The molecule has 4 rings (SSSR count). The van der Waals surface area contributed by atoms with Gasteiger partial charge in [0.25, 0.3) is 0 Å². The lowest BCUT2D eigenvalue weighted by molar-refractivity contribution is -0.141. The average Bonchev–Trinajstić information content (AvgIpc) is 3.68. The summed E-state index contributed by atoms with van der Waals surface area (Å²) in [5.74, 6) is -0.136. The average molecular weight is 775 g/mol. The first kappa shape index (κ1) is 44.5. The van der Waals surface area contributed by atoms with Crippen LogP contribution in [0.2, 0.25) is 0 Å². The van der Waals surface area contributed by atoms with Gasteiger partial charge in [-0.15, -0.1) is 12.4 Å². The molecule has 1 saturated heterocycles. The van der Waals surface area contributed by atoms with Crippen LogP contribution in [0.3, 0.4) is 0 Å². The number of amides is 6. The van der Waals surface area contributed by atoms with Gasteiger partial charge in [0.1, 0.15) is 12.1 Å². The minimum atomic E-state index is -0.994. The Morgan fingerprint density at radius 2 is 1.63 bits per heavy atom. The molecular weight excluding hydrogens is 712 g/mol. The van der Waals surface area contributed by atoms with E-state index in [0.29, 0.717) is 57.3 Å². The molecule has 15 heteroatoms. The number of morpholine rings is 1. The van der Waals surface area contributed by atoms with Crippen LogP contribution in [0.25, 0.3) is 0 Å². The third kappa shape index (κ3) is 13.8. The standard InChI is InChI=1S/C39H62N8O6.ClH/c1-28(2)22-35(48)32(23-29-12-8-6-9-13-29)42-36(49)34(25-31-26-40-27-41-31)46(5)37(50)33(24-30-14-10-7-11-15-30)43-38(51)44(3)16-17-45(4)39(52)47-18-20-53-21-19-47;/h7,10-11,14-15,26-29,32-35,48H,6,8-9,12-13,16-25H2,1-5H3,(H,40,41)(H,42,49)(H,43,51);1H/t32-,33-,34-,35-;/m0./s1. The highest BCUT2D eigenvalue weighted by atomic mass is 35.5. The molecule has 54 heavy (non-hydrogen) atoms. The highest BCUT2D eigenvalue weighted by molar-refractivity contribution is 5.92. The van der Waals surface area contributed by atoms with Crippen molar-refractivity contribution in [2.75, 3.05) is 60.5 Å².